The summed E-state index contributed by atoms with van der Waals surface area (Å²) < 4.78 is 10.8. The highest BCUT2D eigenvalue weighted by molar-refractivity contribution is 6.04. The largest absolute Gasteiger partial charge is 0.459 e. The fraction of sp³-hybridized carbons (Fsp3) is 0.367. The molecule has 8 nitrogen and oxygen atoms in total. The van der Waals surface area contributed by atoms with Crippen molar-refractivity contribution >= 4 is 23.4 Å². The maximum absolute atomic E-state index is 13.7. The number of nitrogens with one attached hydrogen (secondary N) is 2. The molecular weight excluding hydrogens is 482 g/mol. The predicted octanol–water partition coefficient (Wildman–Crippen LogP) is 4.59. The van der Waals surface area contributed by atoms with Gasteiger partial charge in [-0.05, 0) is 60.6 Å². The van der Waals surface area contributed by atoms with E-state index in [9.17, 15) is 14.4 Å². The average Bonchev–Trinajstić information content (AvgIpc) is 3.68. The Labute approximate surface area is 223 Å². The van der Waals surface area contributed by atoms with E-state index in [-0.39, 0.29) is 24.3 Å². The van der Waals surface area contributed by atoms with Gasteiger partial charge in [0.05, 0.1) is 18.9 Å². The summed E-state index contributed by atoms with van der Waals surface area (Å²) >= 11 is 0. The molecule has 0 spiro atoms. The number of furan rings is 1. The summed E-state index contributed by atoms with van der Waals surface area (Å²) in [5.41, 5.74) is 2.37. The van der Waals surface area contributed by atoms with Crippen molar-refractivity contribution < 1.29 is 23.5 Å². The van der Waals surface area contributed by atoms with E-state index in [1.165, 1.54) is 17.2 Å². The van der Waals surface area contributed by atoms with Crippen LogP contribution in [0.1, 0.15) is 66.8 Å². The summed E-state index contributed by atoms with van der Waals surface area (Å²) in [6.07, 6.45) is 4.19. The Kier molecular flexibility index (Phi) is 9.32. The first kappa shape index (κ1) is 27.1. The van der Waals surface area contributed by atoms with Crippen molar-refractivity contribution in [3.05, 3.63) is 89.9 Å². The van der Waals surface area contributed by atoms with Crippen LogP contribution >= 0.6 is 0 Å². The number of rotatable bonds is 11. The van der Waals surface area contributed by atoms with Crippen LogP contribution in [0.15, 0.2) is 77.4 Å². The minimum absolute atomic E-state index is 0.0399. The monoisotopic (exact) mass is 517 g/mol. The number of hydrogen-bond donors (Lipinski definition) is 2. The van der Waals surface area contributed by atoms with E-state index in [2.05, 4.69) is 24.5 Å². The third-order valence-corrected chi connectivity index (χ3v) is 6.92. The van der Waals surface area contributed by atoms with Crippen molar-refractivity contribution in [1.82, 2.24) is 10.6 Å². The molecule has 0 aliphatic carbocycles. The van der Waals surface area contributed by atoms with Gasteiger partial charge >= 0.3 is 0 Å². The quantitative estimate of drug-likeness (QED) is 0.387. The van der Waals surface area contributed by atoms with Gasteiger partial charge in [0, 0.05) is 18.8 Å². The number of anilines is 1. The third-order valence-electron chi connectivity index (χ3n) is 6.92. The van der Waals surface area contributed by atoms with Crippen LogP contribution in [0, 0.1) is 0 Å². The van der Waals surface area contributed by atoms with E-state index in [0.717, 1.165) is 24.8 Å². The van der Waals surface area contributed by atoms with Gasteiger partial charge in [-0.15, -0.1) is 0 Å². The highest BCUT2D eigenvalue weighted by atomic mass is 16.5. The predicted molar refractivity (Wildman–Crippen MR) is 145 cm³/mol. The van der Waals surface area contributed by atoms with Crippen molar-refractivity contribution in [1.29, 1.82) is 0 Å². The lowest BCUT2D eigenvalue weighted by molar-refractivity contribution is -0.126. The van der Waals surface area contributed by atoms with Gasteiger partial charge in [-0.3, -0.25) is 19.3 Å². The summed E-state index contributed by atoms with van der Waals surface area (Å²) in [5, 5.41) is 5.61. The molecule has 200 valence electrons. The number of carbonyl (C=O) groups is 3. The van der Waals surface area contributed by atoms with Crippen molar-refractivity contribution in [3.63, 3.8) is 0 Å². The number of carbonyl (C=O) groups excluding carboxylic acids is 3. The maximum atomic E-state index is 13.7. The Morgan fingerprint density at radius 3 is 2.37 bits per heavy atom. The molecular formula is C30H35N3O5. The SMILES string of the molecule is CC[C@H](C)c1ccc(N(C(=O)CNC(=O)c2ccco2)[C@@H](C(=O)NC[C@@H]2CCCO2)c2ccccc2)cc1. The Morgan fingerprint density at radius 1 is 0.974 bits per heavy atom. The molecule has 2 N–H and O–H groups in total. The zero-order chi connectivity index (χ0) is 26.9. The standard InChI is InChI=1S/C30H35N3O5/c1-3-21(2)22-13-15-24(16-14-22)33(27(34)20-32-29(35)26-12-8-18-38-26)28(23-9-5-4-6-10-23)30(36)31-19-25-11-7-17-37-25/h4-6,8-10,12-16,18,21,25,28H,3,7,11,17,19-20H2,1-2H3,(H,31,36)(H,32,35)/t21-,25-,28+/m0/s1. The molecule has 3 atom stereocenters. The molecule has 8 heteroatoms. The van der Waals surface area contributed by atoms with Crippen LogP contribution in [0.3, 0.4) is 0 Å². The summed E-state index contributed by atoms with van der Waals surface area (Å²) in [6.45, 7) is 5.01. The number of benzene rings is 2. The van der Waals surface area contributed by atoms with E-state index in [1.807, 2.05) is 54.6 Å². The van der Waals surface area contributed by atoms with Crippen LogP contribution in [0.5, 0.6) is 0 Å². The minimum Gasteiger partial charge on any atom is -0.459 e. The lowest BCUT2D eigenvalue weighted by atomic mass is 9.97. The Balaban J connectivity index is 1.65. The van der Waals surface area contributed by atoms with Crippen LogP contribution in [-0.4, -0.2) is 43.5 Å². The normalized spacial score (nSPS) is 16.4. The highest BCUT2D eigenvalue weighted by Gasteiger charge is 2.33. The first-order valence-electron chi connectivity index (χ1n) is 13.2. The summed E-state index contributed by atoms with van der Waals surface area (Å²) in [5.74, 6) is -0.781. The molecule has 1 saturated heterocycles. The van der Waals surface area contributed by atoms with Crippen LogP contribution < -0.4 is 15.5 Å². The van der Waals surface area contributed by atoms with Gasteiger partial charge < -0.3 is 19.8 Å². The molecule has 3 amide bonds. The van der Waals surface area contributed by atoms with Crippen LogP contribution in [0.2, 0.25) is 0 Å². The summed E-state index contributed by atoms with van der Waals surface area (Å²) in [6, 6.07) is 19.1. The smallest absolute Gasteiger partial charge is 0.287 e. The third kappa shape index (κ3) is 6.69. The number of ether oxygens (including phenoxy) is 1. The van der Waals surface area contributed by atoms with Gasteiger partial charge in [0.15, 0.2) is 5.76 Å². The number of hydrogen-bond acceptors (Lipinski definition) is 5. The second kappa shape index (κ2) is 13.1. The van der Waals surface area contributed by atoms with Gasteiger partial charge in [0.25, 0.3) is 5.91 Å². The van der Waals surface area contributed by atoms with Crippen molar-refractivity contribution in [3.8, 4) is 0 Å². The zero-order valence-corrected chi connectivity index (χ0v) is 21.9. The van der Waals surface area contributed by atoms with Crippen molar-refractivity contribution in [2.75, 3.05) is 24.6 Å². The number of nitrogens with zero attached hydrogens (tertiary/aromatic N) is 1. The zero-order valence-electron chi connectivity index (χ0n) is 21.9. The molecule has 0 radical (unpaired) electrons. The Hall–Kier alpha value is -3.91. The van der Waals surface area contributed by atoms with Gasteiger partial charge in [0.1, 0.15) is 6.04 Å². The Morgan fingerprint density at radius 2 is 1.74 bits per heavy atom. The van der Waals surface area contributed by atoms with Crippen LogP contribution in [-0.2, 0) is 14.3 Å². The second-order valence-corrected chi connectivity index (χ2v) is 9.52. The van der Waals surface area contributed by atoms with E-state index < -0.39 is 17.9 Å². The molecule has 2 heterocycles. The van der Waals surface area contributed by atoms with Gasteiger partial charge in [0.2, 0.25) is 11.8 Å². The van der Waals surface area contributed by atoms with E-state index in [4.69, 9.17) is 9.15 Å². The fourth-order valence-electron chi connectivity index (χ4n) is 4.54. The topological polar surface area (TPSA) is 101 Å². The average molecular weight is 518 g/mol. The highest BCUT2D eigenvalue weighted by Crippen LogP contribution is 2.30. The fourth-order valence-corrected chi connectivity index (χ4v) is 4.54. The lowest BCUT2D eigenvalue weighted by Crippen LogP contribution is -2.48. The maximum Gasteiger partial charge on any atom is 0.287 e. The molecule has 4 rings (SSSR count). The second-order valence-electron chi connectivity index (χ2n) is 9.52. The molecule has 0 unspecified atom stereocenters. The first-order valence-corrected chi connectivity index (χ1v) is 13.2. The first-order chi connectivity index (χ1) is 18.5. The van der Waals surface area contributed by atoms with Gasteiger partial charge in [-0.25, -0.2) is 0 Å². The van der Waals surface area contributed by atoms with Crippen LogP contribution in [0.25, 0.3) is 0 Å². The molecule has 0 saturated carbocycles. The molecule has 1 aliphatic rings. The lowest BCUT2D eigenvalue weighted by Gasteiger charge is -2.32. The van der Waals surface area contributed by atoms with Gasteiger partial charge in [-0.2, -0.15) is 0 Å². The molecule has 2 aromatic carbocycles. The Bertz CT molecular complexity index is 1190. The molecule has 1 aromatic heterocycles. The minimum atomic E-state index is -0.944. The molecule has 1 fully saturated rings. The van der Waals surface area contributed by atoms with Crippen molar-refractivity contribution in [2.24, 2.45) is 0 Å². The molecule has 1 aliphatic heterocycles. The van der Waals surface area contributed by atoms with E-state index in [0.29, 0.717) is 30.3 Å². The van der Waals surface area contributed by atoms with E-state index in [1.54, 1.807) is 6.07 Å². The molecule has 3 aromatic rings. The number of amides is 3. The summed E-state index contributed by atoms with van der Waals surface area (Å²) in [7, 11) is 0. The van der Waals surface area contributed by atoms with Gasteiger partial charge in [-0.1, -0.05) is 56.3 Å². The van der Waals surface area contributed by atoms with E-state index >= 15 is 0 Å². The van der Waals surface area contributed by atoms with Crippen LogP contribution in [0.4, 0.5) is 5.69 Å². The molecule has 38 heavy (non-hydrogen) atoms. The molecule has 0 bridgehead atoms. The van der Waals surface area contributed by atoms with Crippen molar-refractivity contribution in [2.45, 2.75) is 51.2 Å². The summed E-state index contributed by atoms with van der Waals surface area (Å²) in [4.78, 5) is 41.4.